The predicted octanol–water partition coefficient (Wildman–Crippen LogP) is 2.98. The largest absolute Gasteiger partial charge is 0.407 e. The van der Waals surface area contributed by atoms with E-state index in [-0.39, 0.29) is 10.9 Å². The van der Waals surface area contributed by atoms with Crippen molar-refractivity contribution >= 4 is 30.1 Å². The summed E-state index contributed by atoms with van der Waals surface area (Å²) >= 11 is 3.07. The van der Waals surface area contributed by atoms with Gasteiger partial charge < -0.3 is 5.11 Å². The van der Waals surface area contributed by atoms with E-state index in [2.05, 4.69) is 20.8 Å². The number of rotatable bonds is 5. The molecule has 5 heteroatoms. The summed E-state index contributed by atoms with van der Waals surface area (Å²) in [7, 11) is -1.17. The fourth-order valence-electron chi connectivity index (χ4n) is 0.585. The van der Waals surface area contributed by atoms with Crippen LogP contribution in [-0.2, 0) is 4.57 Å². The molecule has 0 amide bonds. The Morgan fingerprint density at radius 1 is 1.38 bits per heavy atom. The van der Waals surface area contributed by atoms with Gasteiger partial charge in [-0.2, -0.15) is 11.8 Å². The number of hydrogen-bond acceptors (Lipinski definition) is 4. The summed E-state index contributed by atoms with van der Waals surface area (Å²) in [5.74, 6) is 1.30. The summed E-state index contributed by atoms with van der Waals surface area (Å²) < 4.78 is 10.9. The van der Waals surface area contributed by atoms with Crippen LogP contribution in [0.5, 0.6) is 0 Å². The van der Waals surface area contributed by atoms with Gasteiger partial charge in [0.25, 0.3) is 0 Å². The van der Waals surface area contributed by atoms with E-state index >= 15 is 0 Å². The molecule has 0 aliphatic rings. The summed E-state index contributed by atoms with van der Waals surface area (Å²) in [5, 5.41) is 9.49. The smallest absolute Gasteiger partial charge is 0.391 e. The molecule has 13 heavy (non-hydrogen) atoms. The van der Waals surface area contributed by atoms with Crippen LogP contribution in [0, 0.1) is 0 Å². The molecular weight excluding hydrogens is 223 g/mol. The fraction of sp³-hybridized carbons (Fsp3) is 1.00. The molecule has 0 heterocycles. The highest BCUT2D eigenvalue weighted by atomic mass is 32.7. The molecule has 0 aliphatic heterocycles. The van der Waals surface area contributed by atoms with E-state index in [4.69, 9.17) is 0 Å². The summed E-state index contributed by atoms with van der Waals surface area (Å²) in [6.07, 6.45) is -0.340. The Labute approximate surface area is 89.8 Å². The van der Waals surface area contributed by atoms with Crippen LogP contribution in [0.1, 0.15) is 20.8 Å². The van der Waals surface area contributed by atoms with E-state index in [0.29, 0.717) is 5.75 Å². The lowest BCUT2D eigenvalue weighted by atomic mass is 10.3. The minimum atomic E-state index is -1.17. The molecule has 0 aromatic rings. The van der Waals surface area contributed by atoms with Crippen molar-refractivity contribution in [2.24, 2.45) is 0 Å². The van der Waals surface area contributed by atoms with Crippen LogP contribution in [0.15, 0.2) is 0 Å². The molecule has 0 saturated carbocycles. The average molecular weight is 241 g/mol. The second kappa shape index (κ2) is 6.28. The highest BCUT2D eigenvalue weighted by molar-refractivity contribution is 8.51. The van der Waals surface area contributed by atoms with Crippen LogP contribution in [0.2, 0.25) is 0 Å². The third-order valence-electron chi connectivity index (χ3n) is 1.16. The second-order valence-electron chi connectivity index (χ2n) is 3.81. The summed E-state index contributed by atoms with van der Waals surface area (Å²) in [6, 6.07) is 0. The maximum atomic E-state index is 10.7. The zero-order valence-corrected chi connectivity index (χ0v) is 11.1. The van der Waals surface area contributed by atoms with Gasteiger partial charge in [-0.25, -0.2) is 0 Å². The first kappa shape index (κ1) is 13.8. The number of thioether (sulfide) groups is 1. The van der Waals surface area contributed by atoms with Crippen molar-refractivity contribution in [1.29, 1.82) is 0 Å². The third kappa shape index (κ3) is 10.7. The van der Waals surface area contributed by atoms with E-state index in [1.165, 1.54) is 11.4 Å². The van der Waals surface area contributed by atoms with Crippen molar-refractivity contribution in [2.75, 3.05) is 18.2 Å². The van der Waals surface area contributed by atoms with Crippen LogP contribution in [0.4, 0.5) is 0 Å². The Morgan fingerprint density at radius 3 is 2.31 bits per heavy atom. The maximum absolute atomic E-state index is 10.7. The molecule has 0 aliphatic carbocycles. The Morgan fingerprint density at radius 2 is 1.92 bits per heavy atom. The van der Waals surface area contributed by atoms with Gasteiger partial charge in [-0.05, 0) is 0 Å². The SMILES string of the molecule is C[P+](=O)SCC(O)CSC(C)(C)C. The van der Waals surface area contributed by atoms with Crippen LogP contribution >= 0.6 is 30.1 Å². The lowest BCUT2D eigenvalue weighted by Crippen LogP contribution is -2.18. The molecule has 78 valence electrons. The first-order valence-corrected chi connectivity index (χ1v) is 8.45. The molecule has 2 unspecified atom stereocenters. The van der Waals surface area contributed by atoms with Gasteiger partial charge >= 0.3 is 7.00 Å². The normalized spacial score (nSPS) is 15.6. The predicted molar refractivity (Wildman–Crippen MR) is 64.2 cm³/mol. The van der Waals surface area contributed by atoms with Gasteiger partial charge in [0, 0.05) is 10.5 Å². The van der Waals surface area contributed by atoms with Gasteiger partial charge in [0.05, 0.1) is 11.9 Å². The lowest BCUT2D eigenvalue weighted by Gasteiger charge is -2.18. The minimum absolute atomic E-state index is 0.195. The highest BCUT2D eigenvalue weighted by Gasteiger charge is 2.17. The molecule has 0 aromatic carbocycles. The highest BCUT2D eigenvalue weighted by Crippen LogP contribution is 2.34. The Bertz CT molecular complexity index is 168. The molecule has 0 spiro atoms. The Kier molecular flexibility index (Phi) is 6.65. The fourth-order valence-corrected chi connectivity index (χ4v) is 3.19. The van der Waals surface area contributed by atoms with Crippen molar-refractivity contribution < 1.29 is 9.67 Å². The molecular formula is C8H18O2PS2+. The third-order valence-corrected chi connectivity index (χ3v) is 5.01. The van der Waals surface area contributed by atoms with Gasteiger partial charge in [0.2, 0.25) is 0 Å². The summed E-state index contributed by atoms with van der Waals surface area (Å²) in [5.41, 5.74) is 0. The number of hydrogen-bond donors (Lipinski definition) is 1. The zero-order chi connectivity index (χ0) is 10.5. The van der Waals surface area contributed by atoms with E-state index in [1.807, 2.05) is 0 Å². The standard InChI is InChI=1S/C8H18O2PS2/c1-8(2,3)12-5-7(9)6-13-11(4)10/h7,9H,5-6H2,1-4H3/q+1. The van der Waals surface area contributed by atoms with Crippen molar-refractivity contribution in [1.82, 2.24) is 0 Å². The topological polar surface area (TPSA) is 37.3 Å². The Hall–Kier alpha value is 0.760. The number of aliphatic hydroxyl groups is 1. The summed E-state index contributed by atoms with van der Waals surface area (Å²) in [4.78, 5) is 0. The monoisotopic (exact) mass is 241 g/mol. The van der Waals surface area contributed by atoms with Gasteiger partial charge in [0.1, 0.15) is 18.0 Å². The van der Waals surface area contributed by atoms with Gasteiger partial charge in [-0.3, -0.25) is 0 Å². The quantitative estimate of drug-likeness (QED) is 0.751. The first-order chi connectivity index (χ1) is 5.81. The molecule has 0 saturated heterocycles. The van der Waals surface area contributed by atoms with Crippen LogP contribution in [-0.4, -0.2) is 34.1 Å². The van der Waals surface area contributed by atoms with Crippen LogP contribution < -0.4 is 0 Å². The summed E-state index contributed by atoms with van der Waals surface area (Å²) in [6.45, 7) is 8.04. The molecule has 0 bridgehead atoms. The van der Waals surface area contributed by atoms with Crippen LogP contribution in [0.3, 0.4) is 0 Å². The average Bonchev–Trinajstić information content (AvgIpc) is 1.95. The molecule has 0 rings (SSSR count). The molecule has 2 nitrogen and oxygen atoms in total. The van der Waals surface area contributed by atoms with E-state index in [0.717, 1.165) is 5.75 Å². The maximum Gasteiger partial charge on any atom is 0.407 e. The van der Waals surface area contributed by atoms with Crippen molar-refractivity contribution in [3.05, 3.63) is 0 Å². The van der Waals surface area contributed by atoms with E-state index in [1.54, 1.807) is 18.4 Å². The molecule has 2 atom stereocenters. The molecule has 0 radical (unpaired) electrons. The first-order valence-electron chi connectivity index (χ1n) is 4.17. The molecule has 0 aromatic heterocycles. The minimum Gasteiger partial charge on any atom is -0.391 e. The van der Waals surface area contributed by atoms with Gasteiger partial charge in [-0.15, -0.1) is 0 Å². The van der Waals surface area contributed by atoms with Crippen molar-refractivity contribution in [3.8, 4) is 0 Å². The van der Waals surface area contributed by atoms with Crippen LogP contribution in [0.25, 0.3) is 0 Å². The van der Waals surface area contributed by atoms with Gasteiger partial charge in [0.15, 0.2) is 0 Å². The zero-order valence-electron chi connectivity index (χ0n) is 8.61. The lowest BCUT2D eigenvalue weighted by molar-refractivity contribution is 0.225. The van der Waals surface area contributed by atoms with Gasteiger partial charge in [-0.1, -0.05) is 25.3 Å². The molecule has 1 N–H and O–H groups in total. The Balaban J connectivity index is 3.52. The van der Waals surface area contributed by atoms with Crippen molar-refractivity contribution in [2.45, 2.75) is 31.6 Å². The van der Waals surface area contributed by atoms with E-state index in [9.17, 15) is 9.67 Å². The van der Waals surface area contributed by atoms with E-state index < -0.39 is 7.00 Å². The van der Waals surface area contributed by atoms with Crippen molar-refractivity contribution in [3.63, 3.8) is 0 Å². The second-order valence-corrected chi connectivity index (χ2v) is 9.45. The number of aliphatic hydroxyl groups excluding tert-OH is 1. The molecule has 0 fully saturated rings.